The van der Waals surface area contributed by atoms with Crippen molar-refractivity contribution in [3.63, 3.8) is 0 Å². The highest BCUT2D eigenvalue weighted by molar-refractivity contribution is 5.85. The molecule has 0 aliphatic heterocycles. The number of nitrogen functional groups attached to an aromatic ring is 1. The van der Waals surface area contributed by atoms with E-state index in [1.165, 1.54) is 6.07 Å². The van der Waals surface area contributed by atoms with Crippen molar-refractivity contribution in [2.45, 2.75) is 13.1 Å². The van der Waals surface area contributed by atoms with Crippen LogP contribution in [-0.2, 0) is 10.9 Å². The third-order valence-electron chi connectivity index (χ3n) is 2.50. The molecule has 0 fully saturated rings. The minimum absolute atomic E-state index is 0.0501. The van der Waals surface area contributed by atoms with Crippen LogP contribution < -0.4 is 5.73 Å². The fourth-order valence-corrected chi connectivity index (χ4v) is 1.63. The van der Waals surface area contributed by atoms with E-state index in [4.69, 9.17) is 10.5 Å². The zero-order chi connectivity index (χ0) is 15.6. The van der Waals surface area contributed by atoms with Crippen LogP contribution in [0.3, 0.4) is 0 Å². The van der Waals surface area contributed by atoms with Gasteiger partial charge in [0.15, 0.2) is 5.82 Å². The predicted octanol–water partition coefficient (Wildman–Crippen LogP) is 2.25. The van der Waals surface area contributed by atoms with Crippen molar-refractivity contribution in [2.24, 2.45) is 0 Å². The van der Waals surface area contributed by atoms with Gasteiger partial charge in [0.1, 0.15) is 0 Å². The van der Waals surface area contributed by atoms with Crippen LogP contribution >= 0.6 is 0 Å². The summed E-state index contributed by atoms with van der Waals surface area (Å²) in [7, 11) is 0. The fourth-order valence-electron chi connectivity index (χ4n) is 1.63. The van der Waals surface area contributed by atoms with E-state index >= 15 is 0 Å². The summed E-state index contributed by atoms with van der Waals surface area (Å²) >= 11 is 0. The monoisotopic (exact) mass is 300 g/mol. The number of rotatable bonds is 3. The lowest BCUT2D eigenvalue weighted by Gasteiger charge is -2.08. The Hall–Kier alpha value is -2.58. The standard InChI is InChI=1S/C12H11F3N4O2/c1-2-21-11(20)10-17-9(18-19-10)6-3-7(12(13,14)15)5-8(16)4-6/h3-5H,2,16H2,1H3,(H,17,18,19). The molecule has 21 heavy (non-hydrogen) atoms. The quantitative estimate of drug-likeness (QED) is 0.669. The minimum Gasteiger partial charge on any atom is -0.460 e. The van der Waals surface area contributed by atoms with Crippen molar-refractivity contribution in [1.82, 2.24) is 15.2 Å². The number of nitrogens with two attached hydrogens (primary N) is 1. The van der Waals surface area contributed by atoms with Gasteiger partial charge in [0.25, 0.3) is 0 Å². The molecule has 1 aromatic heterocycles. The average molecular weight is 300 g/mol. The van der Waals surface area contributed by atoms with Gasteiger partial charge in [-0.1, -0.05) is 0 Å². The summed E-state index contributed by atoms with van der Waals surface area (Å²) in [5, 5.41) is 6.00. The second kappa shape index (κ2) is 5.43. The van der Waals surface area contributed by atoms with Gasteiger partial charge >= 0.3 is 12.1 Å². The van der Waals surface area contributed by atoms with E-state index in [1.54, 1.807) is 6.92 Å². The topological polar surface area (TPSA) is 93.9 Å². The van der Waals surface area contributed by atoms with E-state index in [0.717, 1.165) is 12.1 Å². The van der Waals surface area contributed by atoms with Crippen molar-refractivity contribution in [3.8, 4) is 11.4 Å². The first-order valence-corrected chi connectivity index (χ1v) is 5.89. The molecular weight excluding hydrogens is 289 g/mol. The van der Waals surface area contributed by atoms with Crippen LogP contribution in [0.25, 0.3) is 11.4 Å². The Labute approximate surface area is 117 Å². The highest BCUT2D eigenvalue weighted by atomic mass is 19.4. The molecule has 0 aliphatic rings. The Morgan fingerprint density at radius 1 is 1.38 bits per heavy atom. The largest absolute Gasteiger partial charge is 0.460 e. The first-order valence-electron chi connectivity index (χ1n) is 5.89. The summed E-state index contributed by atoms with van der Waals surface area (Å²) in [6.07, 6.45) is -4.54. The van der Waals surface area contributed by atoms with E-state index in [9.17, 15) is 18.0 Å². The molecule has 1 aromatic carbocycles. The van der Waals surface area contributed by atoms with Gasteiger partial charge in [-0.15, -0.1) is 0 Å². The first-order chi connectivity index (χ1) is 9.81. The molecule has 112 valence electrons. The third-order valence-corrected chi connectivity index (χ3v) is 2.50. The molecule has 2 aromatic rings. The van der Waals surface area contributed by atoms with Crippen LogP contribution in [-0.4, -0.2) is 27.8 Å². The predicted molar refractivity (Wildman–Crippen MR) is 67.2 cm³/mol. The number of halogens is 3. The van der Waals surface area contributed by atoms with Gasteiger partial charge in [-0.25, -0.2) is 9.78 Å². The van der Waals surface area contributed by atoms with Crippen LogP contribution in [0.5, 0.6) is 0 Å². The molecule has 0 amide bonds. The number of H-pyrrole nitrogens is 1. The number of anilines is 1. The Bertz CT molecular complexity index is 667. The van der Waals surface area contributed by atoms with E-state index in [-0.39, 0.29) is 29.5 Å². The molecule has 0 radical (unpaired) electrons. The summed E-state index contributed by atoms with van der Waals surface area (Å²) < 4.78 is 42.9. The molecule has 0 spiro atoms. The molecule has 2 rings (SSSR count). The number of carbonyl (C=O) groups is 1. The van der Waals surface area contributed by atoms with Gasteiger partial charge in [-0.05, 0) is 25.1 Å². The summed E-state index contributed by atoms with van der Waals surface area (Å²) in [6, 6.07) is 2.95. The van der Waals surface area contributed by atoms with Crippen molar-refractivity contribution in [2.75, 3.05) is 12.3 Å². The molecule has 6 nitrogen and oxygen atoms in total. The minimum atomic E-state index is -4.54. The number of ether oxygens (including phenoxy) is 1. The average Bonchev–Trinajstić information content (AvgIpc) is 2.87. The zero-order valence-corrected chi connectivity index (χ0v) is 10.9. The van der Waals surface area contributed by atoms with Crippen LogP contribution in [0.4, 0.5) is 18.9 Å². The molecular formula is C12H11F3N4O2. The maximum Gasteiger partial charge on any atom is 0.416 e. The highest BCUT2D eigenvalue weighted by Gasteiger charge is 2.31. The van der Waals surface area contributed by atoms with E-state index < -0.39 is 17.7 Å². The van der Waals surface area contributed by atoms with Crippen molar-refractivity contribution >= 4 is 11.7 Å². The van der Waals surface area contributed by atoms with Gasteiger partial charge in [-0.3, -0.25) is 5.10 Å². The van der Waals surface area contributed by atoms with Gasteiger partial charge in [0.05, 0.1) is 12.2 Å². The second-order valence-corrected chi connectivity index (χ2v) is 4.07. The van der Waals surface area contributed by atoms with Crippen molar-refractivity contribution in [3.05, 3.63) is 29.6 Å². The first kappa shape index (κ1) is 14.8. The lowest BCUT2D eigenvalue weighted by atomic mass is 10.1. The Balaban J connectivity index is 2.39. The number of hydrogen-bond donors (Lipinski definition) is 2. The molecule has 9 heteroatoms. The third kappa shape index (κ3) is 3.30. The zero-order valence-electron chi connectivity index (χ0n) is 10.9. The number of carbonyl (C=O) groups excluding carboxylic acids is 1. The maximum absolute atomic E-state index is 12.7. The Kier molecular flexibility index (Phi) is 3.83. The number of hydrogen-bond acceptors (Lipinski definition) is 5. The van der Waals surface area contributed by atoms with Gasteiger partial charge < -0.3 is 10.5 Å². The smallest absolute Gasteiger partial charge is 0.416 e. The van der Waals surface area contributed by atoms with Crippen LogP contribution in [0.15, 0.2) is 18.2 Å². The van der Waals surface area contributed by atoms with E-state index in [1.807, 2.05) is 0 Å². The molecule has 0 unspecified atom stereocenters. The lowest BCUT2D eigenvalue weighted by Crippen LogP contribution is -2.07. The van der Waals surface area contributed by atoms with E-state index in [0.29, 0.717) is 0 Å². The molecule has 3 N–H and O–H groups in total. The SMILES string of the molecule is CCOC(=O)c1nc(-c2cc(N)cc(C(F)(F)F)c2)n[nH]1. The molecule has 0 bridgehead atoms. The molecule has 1 heterocycles. The summed E-state index contributed by atoms with van der Waals surface area (Å²) in [5.74, 6) is -1.00. The molecule has 0 aliphatic carbocycles. The number of benzene rings is 1. The van der Waals surface area contributed by atoms with Crippen molar-refractivity contribution < 1.29 is 22.7 Å². The highest BCUT2D eigenvalue weighted by Crippen LogP contribution is 2.33. The number of aromatic nitrogens is 3. The second-order valence-electron chi connectivity index (χ2n) is 4.07. The molecule has 0 saturated carbocycles. The number of aromatic amines is 1. The van der Waals surface area contributed by atoms with Crippen LogP contribution in [0, 0.1) is 0 Å². The van der Waals surface area contributed by atoms with Crippen LogP contribution in [0.2, 0.25) is 0 Å². The summed E-state index contributed by atoms with van der Waals surface area (Å²) in [6.45, 7) is 1.76. The maximum atomic E-state index is 12.7. The van der Waals surface area contributed by atoms with Gasteiger partial charge in [0.2, 0.25) is 5.82 Å². The summed E-state index contributed by atoms with van der Waals surface area (Å²) in [4.78, 5) is 15.2. The number of nitrogens with zero attached hydrogens (tertiary/aromatic N) is 2. The lowest BCUT2D eigenvalue weighted by molar-refractivity contribution is -0.137. The Morgan fingerprint density at radius 2 is 2.10 bits per heavy atom. The number of alkyl halides is 3. The molecule has 0 saturated heterocycles. The number of nitrogens with one attached hydrogen (secondary N) is 1. The van der Waals surface area contributed by atoms with Gasteiger partial charge in [0, 0.05) is 11.3 Å². The van der Waals surface area contributed by atoms with E-state index in [2.05, 4.69) is 15.2 Å². The Morgan fingerprint density at radius 3 is 2.71 bits per heavy atom. The van der Waals surface area contributed by atoms with Gasteiger partial charge in [-0.2, -0.15) is 18.3 Å². The normalized spacial score (nSPS) is 11.4. The number of esters is 1. The fraction of sp³-hybridized carbons (Fsp3) is 0.250. The summed E-state index contributed by atoms with van der Waals surface area (Å²) in [5.41, 5.74) is 4.50. The van der Waals surface area contributed by atoms with Crippen molar-refractivity contribution in [1.29, 1.82) is 0 Å². The van der Waals surface area contributed by atoms with Crippen LogP contribution in [0.1, 0.15) is 23.1 Å². The molecule has 0 atom stereocenters.